The summed E-state index contributed by atoms with van der Waals surface area (Å²) in [6, 6.07) is 5.74. The molecule has 2 N–H and O–H groups in total. The maximum absolute atomic E-state index is 12.5. The van der Waals surface area contributed by atoms with Gasteiger partial charge in [-0.05, 0) is 49.4 Å². The van der Waals surface area contributed by atoms with Crippen molar-refractivity contribution in [3.05, 3.63) is 29.3 Å². The molecule has 0 saturated heterocycles. The Morgan fingerprint density at radius 2 is 2.00 bits per heavy atom. The zero-order valence-electron chi connectivity index (χ0n) is 12.4. The molecular formula is C15H24N2O2S. The summed E-state index contributed by atoms with van der Waals surface area (Å²) in [4.78, 5) is 0.410. The largest absolute Gasteiger partial charge is 0.313 e. The van der Waals surface area contributed by atoms with Crippen LogP contribution in [0.5, 0.6) is 0 Å². The van der Waals surface area contributed by atoms with E-state index < -0.39 is 10.0 Å². The number of benzene rings is 1. The van der Waals surface area contributed by atoms with Crippen LogP contribution < -0.4 is 10.0 Å². The summed E-state index contributed by atoms with van der Waals surface area (Å²) in [5.41, 5.74) is 1.80. The molecule has 1 aromatic carbocycles. The van der Waals surface area contributed by atoms with E-state index in [1.807, 2.05) is 26.0 Å². The number of hydrogen-bond acceptors (Lipinski definition) is 3. The lowest BCUT2D eigenvalue weighted by Crippen LogP contribution is -2.43. The molecule has 0 aliphatic heterocycles. The van der Waals surface area contributed by atoms with Crippen LogP contribution in [0.15, 0.2) is 23.1 Å². The van der Waals surface area contributed by atoms with Gasteiger partial charge in [-0.2, -0.15) is 0 Å². The van der Waals surface area contributed by atoms with Gasteiger partial charge in [0.15, 0.2) is 0 Å². The van der Waals surface area contributed by atoms with E-state index in [9.17, 15) is 8.42 Å². The van der Waals surface area contributed by atoms with E-state index in [1.54, 1.807) is 6.07 Å². The van der Waals surface area contributed by atoms with Gasteiger partial charge in [0.05, 0.1) is 4.90 Å². The van der Waals surface area contributed by atoms with E-state index in [1.165, 1.54) is 0 Å². The quantitative estimate of drug-likeness (QED) is 0.846. The molecule has 0 unspecified atom stereocenters. The molecule has 112 valence electrons. The molecule has 1 aromatic rings. The highest BCUT2D eigenvalue weighted by atomic mass is 32.2. The van der Waals surface area contributed by atoms with Crippen molar-refractivity contribution in [2.75, 3.05) is 6.54 Å². The van der Waals surface area contributed by atoms with Crippen LogP contribution in [0.1, 0.15) is 37.8 Å². The van der Waals surface area contributed by atoms with Gasteiger partial charge < -0.3 is 5.32 Å². The molecule has 1 fully saturated rings. The van der Waals surface area contributed by atoms with Crippen molar-refractivity contribution < 1.29 is 8.42 Å². The average molecular weight is 296 g/mol. The predicted molar refractivity (Wildman–Crippen MR) is 81.1 cm³/mol. The first-order chi connectivity index (χ1) is 9.42. The maximum atomic E-state index is 12.5. The van der Waals surface area contributed by atoms with Crippen LogP contribution in [-0.2, 0) is 16.6 Å². The Bertz CT molecular complexity index is 563. The standard InChI is InChI=1S/C15H24N2O2S/c1-4-16-10-13-6-5-12(3)15(9-13)20(18,19)17-14-7-11(2)8-14/h5-6,9,11,14,16-17H,4,7-8,10H2,1-3H3. The van der Waals surface area contributed by atoms with E-state index in [2.05, 4.69) is 17.0 Å². The second kappa shape index (κ2) is 6.24. The first kappa shape index (κ1) is 15.5. The molecule has 20 heavy (non-hydrogen) atoms. The molecule has 0 amide bonds. The van der Waals surface area contributed by atoms with Crippen molar-refractivity contribution in [2.45, 2.75) is 51.1 Å². The molecule has 0 spiro atoms. The van der Waals surface area contributed by atoms with E-state index in [-0.39, 0.29) is 6.04 Å². The predicted octanol–water partition coefficient (Wildman–Crippen LogP) is 2.18. The van der Waals surface area contributed by atoms with Crippen LogP contribution in [0.4, 0.5) is 0 Å². The first-order valence-corrected chi connectivity index (χ1v) is 8.73. The zero-order chi connectivity index (χ0) is 14.8. The molecule has 0 radical (unpaired) electrons. The van der Waals surface area contributed by atoms with Crippen LogP contribution in [0.2, 0.25) is 0 Å². The van der Waals surface area contributed by atoms with Gasteiger partial charge in [-0.25, -0.2) is 13.1 Å². The number of sulfonamides is 1. The van der Waals surface area contributed by atoms with E-state index in [4.69, 9.17) is 0 Å². The average Bonchev–Trinajstić information content (AvgIpc) is 2.35. The van der Waals surface area contributed by atoms with Gasteiger partial charge in [-0.15, -0.1) is 0 Å². The molecule has 4 nitrogen and oxygen atoms in total. The summed E-state index contributed by atoms with van der Waals surface area (Å²) in [5.74, 6) is 0.629. The van der Waals surface area contributed by atoms with Gasteiger partial charge >= 0.3 is 0 Å². The van der Waals surface area contributed by atoms with E-state index in [0.717, 1.165) is 30.5 Å². The van der Waals surface area contributed by atoms with Crippen LogP contribution in [-0.4, -0.2) is 21.0 Å². The highest BCUT2D eigenvalue weighted by molar-refractivity contribution is 7.89. The lowest BCUT2D eigenvalue weighted by molar-refractivity contribution is 0.270. The summed E-state index contributed by atoms with van der Waals surface area (Å²) in [7, 11) is -3.40. The highest BCUT2D eigenvalue weighted by Gasteiger charge is 2.30. The molecule has 0 atom stereocenters. The SMILES string of the molecule is CCNCc1ccc(C)c(S(=O)(=O)NC2CC(C)C2)c1. The summed E-state index contributed by atoms with van der Waals surface area (Å²) >= 11 is 0. The number of rotatable bonds is 6. The molecular weight excluding hydrogens is 272 g/mol. The minimum Gasteiger partial charge on any atom is -0.313 e. The molecule has 0 bridgehead atoms. The fourth-order valence-corrected chi connectivity index (χ4v) is 4.15. The molecule has 1 aliphatic carbocycles. The van der Waals surface area contributed by atoms with Crippen LogP contribution in [0, 0.1) is 12.8 Å². The fourth-order valence-electron chi connectivity index (χ4n) is 2.59. The van der Waals surface area contributed by atoms with Gasteiger partial charge in [-0.1, -0.05) is 26.0 Å². The van der Waals surface area contributed by atoms with Crippen molar-refractivity contribution in [1.82, 2.24) is 10.0 Å². The first-order valence-electron chi connectivity index (χ1n) is 7.25. The third kappa shape index (κ3) is 3.59. The van der Waals surface area contributed by atoms with Crippen molar-refractivity contribution in [3.63, 3.8) is 0 Å². The van der Waals surface area contributed by atoms with Crippen LogP contribution in [0.3, 0.4) is 0 Å². The Morgan fingerprint density at radius 1 is 1.30 bits per heavy atom. The molecule has 1 aliphatic rings. The monoisotopic (exact) mass is 296 g/mol. The Balaban J connectivity index is 2.16. The van der Waals surface area contributed by atoms with Crippen molar-refractivity contribution in [3.8, 4) is 0 Å². The van der Waals surface area contributed by atoms with Crippen LogP contribution in [0.25, 0.3) is 0 Å². The topological polar surface area (TPSA) is 58.2 Å². The Kier molecular flexibility index (Phi) is 4.83. The van der Waals surface area contributed by atoms with E-state index in [0.29, 0.717) is 17.4 Å². The minimum absolute atomic E-state index is 0.104. The van der Waals surface area contributed by atoms with Crippen molar-refractivity contribution >= 4 is 10.0 Å². The Hall–Kier alpha value is -0.910. The molecule has 0 aromatic heterocycles. The lowest BCUT2D eigenvalue weighted by atomic mass is 9.83. The van der Waals surface area contributed by atoms with Gasteiger partial charge in [0.2, 0.25) is 10.0 Å². The number of aryl methyl sites for hydroxylation is 1. The fraction of sp³-hybridized carbons (Fsp3) is 0.600. The van der Waals surface area contributed by atoms with Gasteiger partial charge in [0, 0.05) is 12.6 Å². The number of nitrogens with one attached hydrogen (secondary N) is 2. The summed E-state index contributed by atoms with van der Waals surface area (Å²) < 4.78 is 27.7. The summed E-state index contributed by atoms with van der Waals surface area (Å²) in [6.07, 6.45) is 1.88. The smallest absolute Gasteiger partial charge is 0.241 e. The molecule has 0 heterocycles. The maximum Gasteiger partial charge on any atom is 0.241 e. The van der Waals surface area contributed by atoms with Crippen molar-refractivity contribution in [1.29, 1.82) is 0 Å². The van der Waals surface area contributed by atoms with E-state index >= 15 is 0 Å². The minimum atomic E-state index is -3.40. The zero-order valence-corrected chi connectivity index (χ0v) is 13.3. The summed E-state index contributed by atoms with van der Waals surface area (Å²) in [5, 5.41) is 3.22. The second-order valence-corrected chi connectivity index (χ2v) is 7.46. The highest BCUT2D eigenvalue weighted by Crippen LogP contribution is 2.28. The second-order valence-electron chi connectivity index (χ2n) is 5.77. The van der Waals surface area contributed by atoms with Gasteiger partial charge in [0.1, 0.15) is 0 Å². The third-order valence-electron chi connectivity index (χ3n) is 3.82. The summed E-state index contributed by atoms with van der Waals surface area (Å²) in [6.45, 7) is 7.58. The van der Waals surface area contributed by atoms with Gasteiger partial charge in [0.25, 0.3) is 0 Å². The normalized spacial score (nSPS) is 22.6. The Morgan fingerprint density at radius 3 is 2.60 bits per heavy atom. The number of hydrogen-bond donors (Lipinski definition) is 2. The third-order valence-corrected chi connectivity index (χ3v) is 5.48. The molecule has 5 heteroatoms. The van der Waals surface area contributed by atoms with Crippen LogP contribution >= 0.6 is 0 Å². The lowest BCUT2D eigenvalue weighted by Gasteiger charge is -2.33. The Labute approximate surface area is 122 Å². The molecule has 2 rings (SSSR count). The molecule has 1 saturated carbocycles. The van der Waals surface area contributed by atoms with Crippen molar-refractivity contribution in [2.24, 2.45) is 5.92 Å². The van der Waals surface area contributed by atoms with Gasteiger partial charge in [-0.3, -0.25) is 0 Å².